The molecular weight excluding hydrogens is 214 g/mol. The summed E-state index contributed by atoms with van der Waals surface area (Å²) in [6.07, 6.45) is -1.97. The summed E-state index contributed by atoms with van der Waals surface area (Å²) in [4.78, 5) is 22.0. The van der Waals surface area contributed by atoms with Crippen LogP contribution in [0.4, 0.5) is 0 Å². The Balaban J connectivity index is 0. The van der Waals surface area contributed by atoms with Gasteiger partial charge in [0.15, 0.2) is 0 Å². The molecule has 84 valence electrons. The van der Waals surface area contributed by atoms with Gasteiger partial charge in [-0.1, -0.05) is 0 Å². The van der Waals surface area contributed by atoms with Crippen LogP contribution >= 0.6 is 12.4 Å². The monoisotopic (exact) mass is 227 g/mol. The molecule has 0 saturated carbocycles. The predicted molar refractivity (Wildman–Crippen MR) is 50.6 cm³/mol. The molecule has 0 radical (unpaired) electrons. The molecule has 0 saturated heterocycles. The third-order valence-electron chi connectivity index (χ3n) is 1.56. The van der Waals surface area contributed by atoms with Crippen molar-refractivity contribution in [1.29, 1.82) is 0 Å². The lowest BCUT2D eigenvalue weighted by Gasteiger charge is -2.23. The number of rotatable bonds is 5. The highest BCUT2D eigenvalue weighted by atomic mass is 35.5. The second-order valence-corrected chi connectivity index (χ2v) is 2.91. The molecule has 2 unspecified atom stereocenters. The van der Waals surface area contributed by atoms with Gasteiger partial charge in [-0.15, -0.1) is 12.4 Å². The van der Waals surface area contributed by atoms with Crippen LogP contribution in [0.1, 0.15) is 6.42 Å². The number of aliphatic hydroxyl groups is 1. The minimum Gasteiger partial charge on any atom is -0.481 e. The fourth-order valence-corrected chi connectivity index (χ4v) is 1.02. The van der Waals surface area contributed by atoms with Crippen molar-refractivity contribution in [3.8, 4) is 0 Å². The van der Waals surface area contributed by atoms with E-state index in [2.05, 4.69) is 0 Å². The zero-order valence-electron chi connectivity index (χ0n) is 7.88. The van der Waals surface area contributed by atoms with Crippen LogP contribution in [-0.4, -0.2) is 58.4 Å². The first-order chi connectivity index (χ1) is 5.86. The van der Waals surface area contributed by atoms with Crippen molar-refractivity contribution < 1.29 is 24.9 Å². The third kappa shape index (κ3) is 5.00. The number of carbonyl (C=O) groups is 2. The number of hydrogen-bond donors (Lipinski definition) is 3. The third-order valence-corrected chi connectivity index (χ3v) is 1.56. The first-order valence-corrected chi connectivity index (χ1v) is 3.65. The smallest absolute Gasteiger partial charge is 0.323 e. The molecule has 0 bridgehead atoms. The van der Waals surface area contributed by atoms with Crippen LogP contribution in [0.2, 0.25) is 0 Å². The highest BCUT2D eigenvalue weighted by Gasteiger charge is 2.29. The number of hydrogen-bond acceptors (Lipinski definition) is 4. The van der Waals surface area contributed by atoms with Gasteiger partial charge >= 0.3 is 11.9 Å². The topological polar surface area (TPSA) is 98.1 Å². The molecule has 0 aromatic heterocycles. The average molecular weight is 228 g/mol. The van der Waals surface area contributed by atoms with Gasteiger partial charge < -0.3 is 15.3 Å². The number of aliphatic hydroxyl groups excluding tert-OH is 1. The number of nitrogens with zero attached hydrogens (tertiary/aromatic N) is 1. The largest absolute Gasteiger partial charge is 0.481 e. The van der Waals surface area contributed by atoms with Gasteiger partial charge in [0.1, 0.15) is 6.04 Å². The number of aliphatic carboxylic acids is 2. The van der Waals surface area contributed by atoms with Crippen LogP contribution in [0.15, 0.2) is 0 Å². The van der Waals surface area contributed by atoms with Crippen molar-refractivity contribution in [3.05, 3.63) is 0 Å². The van der Waals surface area contributed by atoms with Gasteiger partial charge in [0, 0.05) is 0 Å². The first kappa shape index (κ1) is 15.6. The van der Waals surface area contributed by atoms with Gasteiger partial charge in [0.25, 0.3) is 0 Å². The van der Waals surface area contributed by atoms with Gasteiger partial charge in [-0.05, 0) is 14.1 Å². The summed E-state index contributed by atoms with van der Waals surface area (Å²) in [5, 5.41) is 26.2. The number of halogens is 1. The van der Waals surface area contributed by atoms with E-state index in [0.29, 0.717) is 0 Å². The lowest BCUT2D eigenvalue weighted by atomic mass is 10.1. The zero-order valence-corrected chi connectivity index (χ0v) is 8.69. The minimum atomic E-state index is -1.40. The molecular formula is C7H14ClNO5. The summed E-state index contributed by atoms with van der Waals surface area (Å²) < 4.78 is 0. The van der Waals surface area contributed by atoms with E-state index in [1.807, 2.05) is 0 Å². The highest BCUT2D eigenvalue weighted by molar-refractivity contribution is 5.85. The Morgan fingerprint density at radius 2 is 1.71 bits per heavy atom. The Hall–Kier alpha value is -0.850. The molecule has 0 aliphatic heterocycles. The Kier molecular flexibility index (Phi) is 7.34. The van der Waals surface area contributed by atoms with E-state index in [9.17, 15) is 14.7 Å². The molecule has 0 heterocycles. The molecule has 0 amide bonds. The van der Waals surface area contributed by atoms with Gasteiger partial charge in [0.05, 0.1) is 12.5 Å². The standard InChI is InChI=1S/C7H13NO5.ClH/c1-8(2)6(7(12)13)4(9)3-5(10)11;/h4,6,9H,3H2,1-2H3,(H,10,11)(H,12,13);1H. The molecule has 6 nitrogen and oxygen atoms in total. The van der Waals surface area contributed by atoms with E-state index in [4.69, 9.17) is 10.2 Å². The zero-order chi connectivity index (χ0) is 10.6. The molecule has 3 N–H and O–H groups in total. The molecule has 0 aromatic rings. The maximum absolute atomic E-state index is 10.6. The van der Waals surface area contributed by atoms with Crippen LogP contribution in [0.3, 0.4) is 0 Å². The maximum Gasteiger partial charge on any atom is 0.323 e. The highest BCUT2D eigenvalue weighted by Crippen LogP contribution is 2.05. The number of likely N-dealkylation sites (N-methyl/N-ethyl adjacent to an activating group) is 1. The maximum atomic E-state index is 10.6. The second kappa shape index (κ2) is 6.58. The van der Waals surface area contributed by atoms with Crippen LogP contribution in [0.25, 0.3) is 0 Å². The molecule has 0 fully saturated rings. The van der Waals surface area contributed by atoms with E-state index >= 15 is 0 Å². The number of carboxylic acid groups (broad SMARTS) is 2. The summed E-state index contributed by atoms with van der Waals surface area (Å²) >= 11 is 0. The summed E-state index contributed by atoms with van der Waals surface area (Å²) in [5.41, 5.74) is 0. The van der Waals surface area contributed by atoms with Crippen LogP contribution < -0.4 is 0 Å². The molecule has 0 aliphatic rings. The molecule has 14 heavy (non-hydrogen) atoms. The van der Waals surface area contributed by atoms with Crippen LogP contribution in [0, 0.1) is 0 Å². The molecule has 0 rings (SSSR count). The average Bonchev–Trinajstić information content (AvgIpc) is 1.81. The van der Waals surface area contributed by atoms with Gasteiger partial charge in [0.2, 0.25) is 0 Å². The van der Waals surface area contributed by atoms with E-state index in [-0.39, 0.29) is 12.4 Å². The normalized spacial score (nSPS) is 14.3. The lowest BCUT2D eigenvalue weighted by Crippen LogP contribution is -2.46. The van der Waals surface area contributed by atoms with E-state index in [0.717, 1.165) is 0 Å². The lowest BCUT2D eigenvalue weighted by molar-refractivity contribution is -0.149. The summed E-state index contributed by atoms with van der Waals surface area (Å²) in [5.74, 6) is -2.46. The van der Waals surface area contributed by atoms with Gasteiger partial charge in [-0.3, -0.25) is 14.5 Å². The second-order valence-electron chi connectivity index (χ2n) is 2.91. The molecule has 0 spiro atoms. The van der Waals surface area contributed by atoms with Crippen LogP contribution in [-0.2, 0) is 9.59 Å². The van der Waals surface area contributed by atoms with Crippen LogP contribution in [0.5, 0.6) is 0 Å². The van der Waals surface area contributed by atoms with Crippen molar-refractivity contribution >= 4 is 24.3 Å². The minimum absolute atomic E-state index is 0. The predicted octanol–water partition coefficient (Wildman–Crippen LogP) is -0.741. The van der Waals surface area contributed by atoms with Crippen molar-refractivity contribution in [3.63, 3.8) is 0 Å². The Morgan fingerprint density at radius 1 is 1.29 bits per heavy atom. The Morgan fingerprint density at radius 3 is 1.93 bits per heavy atom. The molecule has 7 heteroatoms. The van der Waals surface area contributed by atoms with Crippen molar-refractivity contribution in [2.24, 2.45) is 0 Å². The van der Waals surface area contributed by atoms with E-state index in [1.165, 1.54) is 19.0 Å². The van der Waals surface area contributed by atoms with Crippen molar-refractivity contribution in [1.82, 2.24) is 4.90 Å². The molecule has 0 aliphatic carbocycles. The fourth-order valence-electron chi connectivity index (χ4n) is 1.02. The van der Waals surface area contributed by atoms with E-state index in [1.54, 1.807) is 0 Å². The fraction of sp³-hybridized carbons (Fsp3) is 0.714. The SMILES string of the molecule is CN(C)C(C(=O)O)C(O)CC(=O)O.Cl. The van der Waals surface area contributed by atoms with Gasteiger partial charge in [-0.25, -0.2) is 0 Å². The molecule has 0 aromatic carbocycles. The molecule has 2 atom stereocenters. The Labute approximate surface area is 87.5 Å². The summed E-state index contributed by atoms with van der Waals surface area (Å²) in [6.45, 7) is 0. The summed E-state index contributed by atoms with van der Waals surface area (Å²) in [7, 11) is 2.92. The Bertz CT molecular complexity index is 208. The number of carboxylic acids is 2. The van der Waals surface area contributed by atoms with E-state index < -0.39 is 30.5 Å². The van der Waals surface area contributed by atoms with Crippen molar-refractivity contribution in [2.45, 2.75) is 18.6 Å². The van der Waals surface area contributed by atoms with Gasteiger partial charge in [-0.2, -0.15) is 0 Å². The quantitative estimate of drug-likeness (QED) is 0.572. The summed E-state index contributed by atoms with van der Waals surface area (Å²) in [6, 6.07) is -1.18. The van der Waals surface area contributed by atoms with Crippen molar-refractivity contribution in [2.75, 3.05) is 14.1 Å². The first-order valence-electron chi connectivity index (χ1n) is 3.65.